The predicted octanol–water partition coefficient (Wildman–Crippen LogP) is 2.52. The standard InChI is InChI=1S/C19H24N2O5S/c1-4-21(16-9-10-27(23,24)12-16)19(22)15-5-7-17(8-6-15)25-11-18-13(2)20-26-14(18)3/h5-8,16H,4,9-12H2,1-3H3. The molecule has 1 saturated heterocycles. The molecule has 7 nitrogen and oxygen atoms in total. The molecule has 27 heavy (non-hydrogen) atoms. The molecular weight excluding hydrogens is 368 g/mol. The summed E-state index contributed by atoms with van der Waals surface area (Å²) < 4.78 is 34.3. The molecule has 146 valence electrons. The van der Waals surface area contributed by atoms with E-state index in [2.05, 4.69) is 5.16 Å². The zero-order chi connectivity index (χ0) is 19.6. The number of hydrogen-bond donors (Lipinski definition) is 0. The summed E-state index contributed by atoms with van der Waals surface area (Å²) in [4.78, 5) is 14.4. The minimum Gasteiger partial charge on any atom is -0.489 e. The quantitative estimate of drug-likeness (QED) is 0.750. The SMILES string of the molecule is CCN(C(=O)c1ccc(OCc2c(C)noc2C)cc1)C1CCS(=O)(=O)C1. The van der Waals surface area contributed by atoms with E-state index in [-0.39, 0.29) is 23.5 Å². The van der Waals surface area contributed by atoms with Gasteiger partial charge in [0.1, 0.15) is 18.1 Å². The number of nitrogens with zero attached hydrogens (tertiary/aromatic N) is 2. The van der Waals surface area contributed by atoms with Crippen LogP contribution in [0.3, 0.4) is 0 Å². The summed E-state index contributed by atoms with van der Waals surface area (Å²) in [6.45, 7) is 6.38. The van der Waals surface area contributed by atoms with Gasteiger partial charge in [0.15, 0.2) is 9.84 Å². The van der Waals surface area contributed by atoms with E-state index in [1.165, 1.54) is 0 Å². The highest BCUT2D eigenvalue weighted by atomic mass is 32.2. The van der Waals surface area contributed by atoms with E-state index in [1.807, 2.05) is 20.8 Å². The molecule has 1 atom stereocenters. The highest BCUT2D eigenvalue weighted by Gasteiger charge is 2.34. The van der Waals surface area contributed by atoms with Gasteiger partial charge in [-0.05, 0) is 51.5 Å². The molecule has 3 rings (SSSR count). The number of sulfone groups is 1. The molecule has 1 aromatic heterocycles. The summed E-state index contributed by atoms with van der Waals surface area (Å²) in [5.74, 6) is 1.40. The van der Waals surface area contributed by atoms with Crippen LogP contribution in [0.1, 0.15) is 40.7 Å². The molecule has 0 bridgehead atoms. The van der Waals surface area contributed by atoms with E-state index in [1.54, 1.807) is 29.2 Å². The maximum Gasteiger partial charge on any atom is 0.254 e. The molecule has 2 heterocycles. The average Bonchev–Trinajstić information content (AvgIpc) is 3.16. The molecule has 0 aliphatic carbocycles. The number of carbonyl (C=O) groups is 1. The zero-order valence-corrected chi connectivity index (χ0v) is 16.6. The Hall–Kier alpha value is -2.35. The van der Waals surface area contributed by atoms with Gasteiger partial charge in [-0.1, -0.05) is 5.16 Å². The smallest absolute Gasteiger partial charge is 0.254 e. The van der Waals surface area contributed by atoms with Gasteiger partial charge in [0.25, 0.3) is 5.91 Å². The van der Waals surface area contributed by atoms with Gasteiger partial charge in [-0.2, -0.15) is 0 Å². The van der Waals surface area contributed by atoms with Crippen LogP contribution in [0, 0.1) is 13.8 Å². The lowest BCUT2D eigenvalue weighted by atomic mass is 10.1. The van der Waals surface area contributed by atoms with E-state index in [0.29, 0.717) is 30.9 Å². The summed E-state index contributed by atoms with van der Waals surface area (Å²) >= 11 is 0. The maximum atomic E-state index is 12.8. The van der Waals surface area contributed by atoms with Crippen LogP contribution in [0.25, 0.3) is 0 Å². The van der Waals surface area contributed by atoms with Crippen molar-refractivity contribution in [3.05, 3.63) is 46.8 Å². The second kappa shape index (κ2) is 7.72. The van der Waals surface area contributed by atoms with Crippen molar-refractivity contribution < 1.29 is 22.5 Å². The normalized spacial score (nSPS) is 18.4. The van der Waals surface area contributed by atoms with Crippen molar-refractivity contribution in [1.82, 2.24) is 10.1 Å². The summed E-state index contributed by atoms with van der Waals surface area (Å²) in [5, 5.41) is 3.89. The lowest BCUT2D eigenvalue weighted by molar-refractivity contribution is 0.0708. The fourth-order valence-corrected chi connectivity index (χ4v) is 5.04. The van der Waals surface area contributed by atoms with Crippen LogP contribution >= 0.6 is 0 Å². The highest BCUT2D eigenvalue weighted by Crippen LogP contribution is 2.22. The fraction of sp³-hybridized carbons (Fsp3) is 0.474. The molecule has 0 N–H and O–H groups in total. The van der Waals surface area contributed by atoms with Crippen LogP contribution in [0.15, 0.2) is 28.8 Å². The molecule has 0 spiro atoms. The van der Waals surface area contributed by atoms with Crippen molar-refractivity contribution in [2.24, 2.45) is 0 Å². The second-order valence-corrected chi connectivity index (χ2v) is 8.99. The lowest BCUT2D eigenvalue weighted by Gasteiger charge is -2.27. The third-order valence-corrected chi connectivity index (χ3v) is 6.67. The van der Waals surface area contributed by atoms with Crippen LogP contribution in [0.2, 0.25) is 0 Å². The number of carbonyl (C=O) groups excluding carboxylic acids is 1. The van der Waals surface area contributed by atoms with Gasteiger partial charge in [-0.25, -0.2) is 8.42 Å². The van der Waals surface area contributed by atoms with Crippen LogP contribution in [0.4, 0.5) is 0 Å². The first-order valence-corrected chi connectivity index (χ1v) is 10.8. The van der Waals surface area contributed by atoms with Gasteiger partial charge >= 0.3 is 0 Å². The van der Waals surface area contributed by atoms with Gasteiger partial charge in [0, 0.05) is 18.2 Å². The van der Waals surface area contributed by atoms with E-state index in [0.717, 1.165) is 17.0 Å². The molecule has 1 fully saturated rings. The summed E-state index contributed by atoms with van der Waals surface area (Å²) in [5.41, 5.74) is 2.23. The van der Waals surface area contributed by atoms with Gasteiger partial charge in [-0.15, -0.1) is 0 Å². The van der Waals surface area contributed by atoms with Crippen molar-refractivity contribution >= 4 is 15.7 Å². The average molecular weight is 392 g/mol. The highest BCUT2D eigenvalue weighted by molar-refractivity contribution is 7.91. The van der Waals surface area contributed by atoms with Gasteiger partial charge in [0.2, 0.25) is 0 Å². The molecule has 1 unspecified atom stereocenters. The van der Waals surface area contributed by atoms with E-state index >= 15 is 0 Å². The fourth-order valence-electron chi connectivity index (χ4n) is 3.31. The first-order chi connectivity index (χ1) is 12.8. The summed E-state index contributed by atoms with van der Waals surface area (Å²) in [6.07, 6.45) is 0.501. The number of ether oxygens (including phenoxy) is 1. The Balaban J connectivity index is 1.66. The zero-order valence-electron chi connectivity index (χ0n) is 15.8. The van der Waals surface area contributed by atoms with Gasteiger partial charge < -0.3 is 14.2 Å². The summed E-state index contributed by atoms with van der Waals surface area (Å²) in [6, 6.07) is 6.65. The molecule has 1 aliphatic heterocycles. The number of rotatable bonds is 6. The van der Waals surface area contributed by atoms with E-state index < -0.39 is 9.84 Å². The first kappa shape index (κ1) is 19.4. The number of benzene rings is 1. The molecule has 1 aromatic carbocycles. The topological polar surface area (TPSA) is 89.7 Å². The Kier molecular flexibility index (Phi) is 5.55. The number of hydrogen-bond acceptors (Lipinski definition) is 6. The Morgan fingerprint density at radius 1 is 1.30 bits per heavy atom. The predicted molar refractivity (Wildman–Crippen MR) is 101 cm³/mol. The van der Waals surface area contributed by atoms with Crippen molar-refractivity contribution in [3.63, 3.8) is 0 Å². The van der Waals surface area contributed by atoms with Crippen LogP contribution in [0.5, 0.6) is 5.75 Å². The summed E-state index contributed by atoms with van der Waals surface area (Å²) in [7, 11) is -3.04. The van der Waals surface area contributed by atoms with Crippen molar-refractivity contribution in [3.8, 4) is 5.75 Å². The van der Waals surface area contributed by atoms with E-state index in [4.69, 9.17) is 9.26 Å². The minimum absolute atomic E-state index is 0.0468. The Morgan fingerprint density at radius 3 is 2.52 bits per heavy atom. The minimum atomic E-state index is -3.04. The number of aryl methyl sites for hydroxylation is 2. The third kappa shape index (κ3) is 4.32. The Bertz CT molecular complexity index is 899. The van der Waals surface area contributed by atoms with Crippen LogP contribution < -0.4 is 4.74 Å². The monoisotopic (exact) mass is 392 g/mol. The number of aromatic nitrogens is 1. The maximum absolute atomic E-state index is 12.8. The number of amides is 1. The second-order valence-electron chi connectivity index (χ2n) is 6.76. The molecule has 0 radical (unpaired) electrons. The molecule has 1 amide bonds. The first-order valence-electron chi connectivity index (χ1n) is 8.96. The Labute approximate surface area is 159 Å². The van der Waals surface area contributed by atoms with Crippen molar-refractivity contribution in [1.29, 1.82) is 0 Å². The van der Waals surface area contributed by atoms with Crippen LogP contribution in [-0.4, -0.2) is 48.5 Å². The largest absolute Gasteiger partial charge is 0.489 e. The van der Waals surface area contributed by atoms with Gasteiger partial charge in [-0.3, -0.25) is 4.79 Å². The van der Waals surface area contributed by atoms with Crippen LogP contribution in [-0.2, 0) is 16.4 Å². The Morgan fingerprint density at radius 2 is 2.00 bits per heavy atom. The van der Waals surface area contributed by atoms with Crippen molar-refractivity contribution in [2.45, 2.75) is 39.8 Å². The lowest BCUT2D eigenvalue weighted by Crippen LogP contribution is -2.40. The van der Waals surface area contributed by atoms with Gasteiger partial charge in [0.05, 0.1) is 22.8 Å². The van der Waals surface area contributed by atoms with E-state index in [9.17, 15) is 13.2 Å². The third-order valence-electron chi connectivity index (χ3n) is 4.92. The molecule has 8 heteroatoms. The van der Waals surface area contributed by atoms with Crippen molar-refractivity contribution in [2.75, 3.05) is 18.1 Å². The molecular formula is C19H24N2O5S. The molecule has 0 saturated carbocycles. The molecule has 2 aromatic rings. The molecule has 1 aliphatic rings.